The maximum Gasteiger partial charge on any atom is -0.0145 e. The SMILES string of the molecule is CCCCCCCC(CCC)C(CC(CCC)CCCCC)(C(CCCC(CC)CCCCC)(CC(CCC)CCCCC)C(C)CC(CCC)CCCCC)C(CC(CCC)CCCCC)(CC(CCC)CCCCCC)C(CCC)(CCC(CCC)CCCCC)C(CCCC(CCC)CCCC)CC(CCC)CCCCC. The lowest BCUT2D eigenvalue weighted by Gasteiger charge is -2.75. The Morgan fingerprint density at radius 2 is 0.461 bits per heavy atom. The predicted molar refractivity (Wildman–Crippen MR) is 532 cm³/mol. The van der Waals surface area contributed by atoms with E-state index in [9.17, 15) is 0 Å². The van der Waals surface area contributed by atoms with Gasteiger partial charge in [0.1, 0.15) is 0 Å². The largest absolute Gasteiger partial charge is 0.0654 e. The highest BCUT2D eigenvalue weighted by Gasteiger charge is 2.72. The van der Waals surface area contributed by atoms with Gasteiger partial charge in [0, 0.05) is 0 Å². The van der Waals surface area contributed by atoms with Gasteiger partial charge in [0.25, 0.3) is 0 Å². The Morgan fingerprint density at radius 1 is 0.165 bits per heavy atom. The van der Waals surface area contributed by atoms with E-state index in [1.807, 2.05) is 0 Å². The van der Waals surface area contributed by atoms with Crippen molar-refractivity contribution in [3.05, 3.63) is 0 Å². The van der Waals surface area contributed by atoms with Crippen LogP contribution in [0.2, 0.25) is 0 Å². The number of hydrogen-bond acceptors (Lipinski definition) is 0. The molecule has 0 aliphatic heterocycles. The van der Waals surface area contributed by atoms with Crippen molar-refractivity contribution in [1.29, 1.82) is 0 Å². The second-order valence-electron chi connectivity index (χ2n) is 42.0. The van der Waals surface area contributed by atoms with Crippen LogP contribution in [0.5, 0.6) is 0 Å². The lowest BCUT2D eigenvalue weighted by Crippen LogP contribution is -2.69. The van der Waals surface area contributed by atoms with Crippen LogP contribution in [0.25, 0.3) is 0 Å². The smallest absolute Gasteiger partial charge is 0.0145 e. The lowest BCUT2D eigenvalue weighted by atomic mass is 9.29. The molecule has 115 heavy (non-hydrogen) atoms. The van der Waals surface area contributed by atoms with Crippen molar-refractivity contribution < 1.29 is 0 Å². The van der Waals surface area contributed by atoms with Crippen LogP contribution in [0, 0.1) is 92.7 Å². The third kappa shape index (κ3) is 45.6. The molecule has 0 aliphatic rings. The summed E-state index contributed by atoms with van der Waals surface area (Å²) >= 11 is 0. The highest BCUT2D eigenvalue weighted by molar-refractivity contribution is 5.21. The zero-order chi connectivity index (χ0) is 85.4. The Labute approximate surface area is 734 Å². The Morgan fingerprint density at radius 3 is 0.878 bits per heavy atom. The zero-order valence-electron chi connectivity index (χ0n) is 85.4. The molecule has 692 valence electrons. The minimum absolute atomic E-state index is 0.170. The van der Waals surface area contributed by atoms with Crippen molar-refractivity contribution in [1.82, 2.24) is 0 Å². The van der Waals surface area contributed by atoms with Gasteiger partial charge in [-0.1, -0.05) is 570 Å². The fraction of sp³-hybridized carbons (Fsp3) is 1.00. The minimum Gasteiger partial charge on any atom is -0.0654 e. The normalized spacial score (nSPS) is 17.6. The second kappa shape index (κ2) is 77.6. The van der Waals surface area contributed by atoms with Gasteiger partial charge >= 0.3 is 0 Å². The molecule has 0 nitrogen and oxygen atoms in total. The zero-order valence-corrected chi connectivity index (χ0v) is 85.4. The van der Waals surface area contributed by atoms with Crippen molar-refractivity contribution in [2.45, 2.75) is 647 Å². The van der Waals surface area contributed by atoms with E-state index in [0.717, 1.165) is 65.1 Å². The van der Waals surface area contributed by atoms with E-state index in [0.29, 0.717) is 5.92 Å². The summed E-state index contributed by atoms with van der Waals surface area (Å²) in [4.78, 5) is 0. The van der Waals surface area contributed by atoms with E-state index in [-0.39, 0.29) is 21.7 Å². The van der Waals surface area contributed by atoms with Crippen molar-refractivity contribution >= 4 is 0 Å². The molecule has 0 aromatic rings. The Balaban J connectivity index is 13.2. The second-order valence-corrected chi connectivity index (χ2v) is 42.0. The van der Waals surface area contributed by atoms with Crippen LogP contribution in [0.1, 0.15) is 647 Å². The lowest BCUT2D eigenvalue weighted by molar-refractivity contribution is -0.271. The summed E-state index contributed by atoms with van der Waals surface area (Å²) in [7, 11) is 0. The summed E-state index contributed by atoms with van der Waals surface area (Å²) in [5.74, 6) is 9.63. The first-order chi connectivity index (χ1) is 56.1. The average molecular weight is 1620 g/mol. The monoisotopic (exact) mass is 1610 g/mol. The van der Waals surface area contributed by atoms with Gasteiger partial charge in [-0.15, -0.1) is 0 Å². The van der Waals surface area contributed by atoms with Gasteiger partial charge in [-0.3, -0.25) is 0 Å². The van der Waals surface area contributed by atoms with Gasteiger partial charge in [-0.05, 0) is 170 Å². The summed E-state index contributed by atoms with van der Waals surface area (Å²) in [6, 6.07) is 0. The number of rotatable bonds is 92. The quantitative estimate of drug-likeness (QED) is 0.0533. The summed E-state index contributed by atoms with van der Waals surface area (Å²) in [6.45, 7) is 58.4. The molecular weight excluding hydrogens is 1380 g/mol. The Bertz CT molecular complexity index is 1940. The molecule has 0 aromatic carbocycles. The molecule has 0 bridgehead atoms. The summed E-state index contributed by atoms with van der Waals surface area (Å²) in [6.07, 6.45) is 112. The predicted octanol–water partition coefficient (Wildman–Crippen LogP) is 42.8. The van der Waals surface area contributed by atoms with E-state index >= 15 is 0 Å². The molecule has 16 unspecified atom stereocenters. The fourth-order valence-electron chi connectivity index (χ4n) is 26.9. The van der Waals surface area contributed by atoms with E-state index in [2.05, 4.69) is 152 Å². The third-order valence-corrected chi connectivity index (χ3v) is 32.4. The van der Waals surface area contributed by atoms with Crippen LogP contribution in [0.15, 0.2) is 0 Å². The van der Waals surface area contributed by atoms with Crippen molar-refractivity contribution in [2.75, 3.05) is 0 Å². The molecular formula is C115H232. The van der Waals surface area contributed by atoms with Crippen LogP contribution in [-0.2, 0) is 0 Å². The van der Waals surface area contributed by atoms with E-state index in [1.165, 1.54) is 449 Å². The van der Waals surface area contributed by atoms with Crippen LogP contribution >= 0.6 is 0 Å². The minimum atomic E-state index is 0.170. The van der Waals surface area contributed by atoms with Crippen molar-refractivity contribution in [3.8, 4) is 0 Å². The first-order valence-electron chi connectivity index (χ1n) is 56.1. The Kier molecular flexibility index (Phi) is 77.6. The highest BCUT2D eigenvalue weighted by Crippen LogP contribution is 2.80. The fourth-order valence-corrected chi connectivity index (χ4v) is 26.9. The van der Waals surface area contributed by atoms with E-state index in [1.54, 1.807) is 44.9 Å². The van der Waals surface area contributed by atoms with Gasteiger partial charge in [0.2, 0.25) is 0 Å². The summed E-state index contributed by atoms with van der Waals surface area (Å²) in [5, 5.41) is 0. The maximum absolute atomic E-state index is 3.24. The molecule has 0 N–H and O–H groups in total. The van der Waals surface area contributed by atoms with Gasteiger partial charge in [0.15, 0.2) is 0 Å². The average Bonchev–Trinajstić information content (AvgIpc) is 0.671. The molecule has 0 heterocycles. The highest BCUT2D eigenvalue weighted by atomic mass is 14.8. The molecule has 0 heteroatoms. The van der Waals surface area contributed by atoms with Crippen LogP contribution in [-0.4, -0.2) is 0 Å². The number of hydrogen-bond donors (Lipinski definition) is 0. The molecule has 0 saturated carbocycles. The van der Waals surface area contributed by atoms with Crippen molar-refractivity contribution in [3.63, 3.8) is 0 Å². The first kappa shape index (κ1) is 115. The van der Waals surface area contributed by atoms with Gasteiger partial charge in [-0.25, -0.2) is 0 Å². The van der Waals surface area contributed by atoms with Crippen LogP contribution in [0.3, 0.4) is 0 Å². The van der Waals surface area contributed by atoms with E-state index < -0.39 is 0 Å². The molecule has 0 aliphatic carbocycles. The van der Waals surface area contributed by atoms with Gasteiger partial charge in [0.05, 0.1) is 0 Å². The van der Waals surface area contributed by atoms with Gasteiger partial charge in [-0.2, -0.15) is 0 Å². The third-order valence-electron chi connectivity index (χ3n) is 32.4. The topological polar surface area (TPSA) is 0 Å². The molecule has 0 radical (unpaired) electrons. The molecule has 0 fully saturated rings. The summed E-state index contributed by atoms with van der Waals surface area (Å²) in [5.41, 5.74) is 0.776. The maximum atomic E-state index is 3.24. The molecule has 0 rings (SSSR count). The Hall–Kier alpha value is 0. The number of unbranched alkanes of at least 4 members (excludes halogenated alkanes) is 22. The molecule has 0 spiro atoms. The molecule has 16 atom stereocenters. The standard InChI is InChI=1S/C115H232/c1-23-44-54-56-65-88-110(76-41-19)115(99-109(75-40-18)84-63-52-31-9,113(96-106(72-37-15)82-61-50-29-7,92-67-87-101(43-21)78-57-46-25-3)100(22)94-104(70-35-13)80-59-48-27-5)114(97-107(73-38-16)83-62-51-30-8,98-108(74-39-17)85-64-55-45-24-2)112(91-42-20,93-90-103(69-34-12)79-58-47-26-4)111(95-105(71-36-14)81-60-49-28-6)89-66-86-102(68-33-11)77-53-32-10/h100-111H,23-99H2,1-22H3. The molecule has 0 saturated heterocycles. The van der Waals surface area contributed by atoms with Gasteiger partial charge < -0.3 is 0 Å². The molecule has 0 amide bonds. The first-order valence-corrected chi connectivity index (χ1v) is 56.1. The van der Waals surface area contributed by atoms with Crippen molar-refractivity contribution in [2.24, 2.45) is 92.7 Å². The summed E-state index contributed by atoms with van der Waals surface area (Å²) < 4.78 is 0. The molecule has 0 aromatic heterocycles. The van der Waals surface area contributed by atoms with Crippen LogP contribution in [0.4, 0.5) is 0 Å². The van der Waals surface area contributed by atoms with E-state index in [4.69, 9.17) is 0 Å². The van der Waals surface area contributed by atoms with Crippen LogP contribution < -0.4 is 0 Å².